The second-order valence-electron chi connectivity index (χ2n) is 4.79. The zero-order valence-corrected chi connectivity index (χ0v) is 9.16. The van der Waals surface area contributed by atoms with Gasteiger partial charge in [0.25, 0.3) is 0 Å². The first kappa shape index (κ1) is 9.51. The van der Waals surface area contributed by atoms with Crippen LogP contribution in [0.1, 0.15) is 12.8 Å². The Hall–Kier alpha value is -1.71. The molecule has 4 nitrogen and oxygen atoms in total. The van der Waals surface area contributed by atoms with Crippen LogP contribution in [0.25, 0.3) is 0 Å². The molecule has 2 N–H and O–H groups in total. The van der Waals surface area contributed by atoms with Crippen LogP contribution in [-0.4, -0.2) is 24.6 Å². The fraction of sp³-hybridized carbons (Fsp3) is 0.417. The quantitative estimate of drug-likeness (QED) is 0.694. The molecule has 3 rings (SSSR count). The zero-order chi connectivity index (χ0) is 11.3. The predicted molar refractivity (Wildman–Crippen MR) is 61.7 cm³/mol. The number of nitrogens with zero attached hydrogens (tertiary/aromatic N) is 1. The molecule has 0 saturated heterocycles. The second-order valence-corrected chi connectivity index (χ2v) is 4.79. The van der Waals surface area contributed by atoms with Crippen molar-refractivity contribution in [1.82, 2.24) is 0 Å². The topological polar surface area (TPSA) is 52.6 Å². The lowest BCUT2D eigenvalue weighted by molar-refractivity contribution is -0.120. The van der Waals surface area contributed by atoms with E-state index in [1.807, 2.05) is 13.1 Å². The summed E-state index contributed by atoms with van der Waals surface area (Å²) < 4.78 is 0. The number of benzene rings is 1. The van der Waals surface area contributed by atoms with Gasteiger partial charge >= 0.3 is 0 Å². The average Bonchev–Trinajstić information content (AvgIpc) is 2.98. The zero-order valence-electron chi connectivity index (χ0n) is 9.16. The predicted octanol–water partition coefficient (Wildman–Crippen LogP) is 1.56. The van der Waals surface area contributed by atoms with E-state index in [4.69, 9.17) is 0 Å². The van der Waals surface area contributed by atoms with Gasteiger partial charge in [0, 0.05) is 19.7 Å². The third kappa shape index (κ3) is 1.26. The Morgan fingerprint density at radius 1 is 1.44 bits per heavy atom. The molecule has 1 aliphatic carbocycles. The molecule has 0 radical (unpaired) electrons. The Kier molecular flexibility index (Phi) is 1.73. The molecular formula is C12H14N2O2. The van der Waals surface area contributed by atoms with Crippen LogP contribution in [0.4, 0.5) is 11.4 Å². The number of hydrogen-bond acceptors (Lipinski definition) is 3. The van der Waals surface area contributed by atoms with E-state index in [9.17, 15) is 9.90 Å². The molecular weight excluding hydrogens is 204 g/mol. The summed E-state index contributed by atoms with van der Waals surface area (Å²) in [6.07, 6.45) is 1.92. The van der Waals surface area contributed by atoms with Crippen molar-refractivity contribution in [1.29, 1.82) is 0 Å². The highest BCUT2D eigenvalue weighted by atomic mass is 16.3. The molecule has 1 aliphatic heterocycles. The molecule has 0 unspecified atom stereocenters. The number of phenolic OH excluding ortho intramolecular Hbond substituents is 1. The molecule has 0 bridgehead atoms. The van der Waals surface area contributed by atoms with Crippen molar-refractivity contribution < 1.29 is 9.90 Å². The number of amides is 1. The van der Waals surface area contributed by atoms with Crippen LogP contribution < -0.4 is 10.2 Å². The number of rotatable bonds is 0. The molecule has 4 heteroatoms. The second kappa shape index (κ2) is 2.90. The lowest BCUT2D eigenvalue weighted by Gasteiger charge is -2.20. The standard InChI is InChI=1S/C12H14N2O2/c1-14-7-12(4-5-12)11(16)13-9-6-8(15)2-3-10(9)14/h2-3,6,15H,4-5,7H2,1H3,(H,13,16). The van der Waals surface area contributed by atoms with Crippen LogP contribution in [0.2, 0.25) is 0 Å². The molecule has 1 amide bonds. The highest BCUT2D eigenvalue weighted by Gasteiger charge is 2.51. The van der Waals surface area contributed by atoms with E-state index < -0.39 is 0 Å². The van der Waals surface area contributed by atoms with Crippen molar-refractivity contribution in [2.24, 2.45) is 5.41 Å². The van der Waals surface area contributed by atoms with E-state index in [1.54, 1.807) is 12.1 Å². The highest BCUT2D eigenvalue weighted by molar-refractivity contribution is 6.01. The molecule has 1 spiro atoms. The summed E-state index contributed by atoms with van der Waals surface area (Å²) in [5, 5.41) is 12.3. The molecule has 1 aromatic carbocycles. The van der Waals surface area contributed by atoms with Crippen molar-refractivity contribution >= 4 is 17.3 Å². The van der Waals surface area contributed by atoms with E-state index in [2.05, 4.69) is 10.2 Å². The number of nitrogens with one attached hydrogen (secondary N) is 1. The average molecular weight is 218 g/mol. The molecule has 1 aromatic rings. The normalized spacial score (nSPS) is 21.3. The van der Waals surface area contributed by atoms with Gasteiger partial charge in [-0.25, -0.2) is 0 Å². The summed E-state index contributed by atoms with van der Waals surface area (Å²) in [6.45, 7) is 0.761. The summed E-state index contributed by atoms with van der Waals surface area (Å²) in [5.74, 6) is 0.267. The van der Waals surface area contributed by atoms with Gasteiger partial charge in [0.05, 0.1) is 16.8 Å². The number of phenols is 1. The molecule has 16 heavy (non-hydrogen) atoms. The van der Waals surface area contributed by atoms with Crippen LogP contribution in [0, 0.1) is 5.41 Å². The Morgan fingerprint density at radius 3 is 2.88 bits per heavy atom. The molecule has 1 fully saturated rings. The first-order valence-electron chi connectivity index (χ1n) is 5.46. The van der Waals surface area contributed by atoms with Gasteiger partial charge in [-0.3, -0.25) is 4.79 Å². The van der Waals surface area contributed by atoms with E-state index in [0.717, 1.165) is 25.1 Å². The number of carbonyl (C=O) groups is 1. The van der Waals surface area contributed by atoms with E-state index in [0.29, 0.717) is 5.69 Å². The van der Waals surface area contributed by atoms with Gasteiger partial charge < -0.3 is 15.3 Å². The Balaban J connectivity index is 2.06. The lowest BCUT2D eigenvalue weighted by Crippen LogP contribution is -2.31. The lowest BCUT2D eigenvalue weighted by atomic mass is 10.1. The minimum atomic E-state index is -0.191. The first-order valence-corrected chi connectivity index (χ1v) is 5.46. The fourth-order valence-electron chi connectivity index (χ4n) is 2.36. The summed E-state index contributed by atoms with van der Waals surface area (Å²) in [6, 6.07) is 5.09. The van der Waals surface area contributed by atoms with Crippen LogP contribution in [0.3, 0.4) is 0 Å². The first-order chi connectivity index (χ1) is 7.61. The summed E-state index contributed by atoms with van der Waals surface area (Å²) in [7, 11) is 1.98. The smallest absolute Gasteiger partial charge is 0.232 e. The van der Waals surface area contributed by atoms with Gasteiger partial charge in [-0.1, -0.05) is 0 Å². The number of aromatic hydroxyl groups is 1. The highest BCUT2D eigenvalue weighted by Crippen LogP contribution is 2.50. The SMILES string of the molecule is CN1CC2(CC2)C(=O)Nc2cc(O)ccc21. The molecule has 1 saturated carbocycles. The number of carbonyl (C=O) groups excluding carboxylic acids is 1. The van der Waals surface area contributed by atoms with Crippen LogP contribution in [0.15, 0.2) is 18.2 Å². The minimum absolute atomic E-state index is 0.0868. The third-order valence-electron chi connectivity index (χ3n) is 3.51. The summed E-state index contributed by atoms with van der Waals surface area (Å²) in [4.78, 5) is 14.1. The molecule has 0 atom stereocenters. The number of anilines is 2. The maximum Gasteiger partial charge on any atom is 0.232 e. The number of fused-ring (bicyclic) bond motifs is 1. The maximum atomic E-state index is 12.0. The van der Waals surface area contributed by atoms with Crippen LogP contribution >= 0.6 is 0 Å². The minimum Gasteiger partial charge on any atom is -0.508 e. The van der Waals surface area contributed by atoms with Gasteiger partial charge in [0.1, 0.15) is 5.75 Å². The van der Waals surface area contributed by atoms with Crippen molar-refractivity contribution in [2.75, 3.05) is 23.8 Å². The van der Waals surface area contributed by atoms with Gasteiger partial charge in [-0.05, 0) is 25.0 Å². The fourth-order valence-corrected chi connectivity index (χ4v) is 2.36. The van der Waals surface area contributed by atoms with E-state index >= 15 is 0 Å². The monoisotopic (exact) mass is 218 g/mol. The van der Waals surface area contributed by atoms with Crippen molar-refractivity contribution in [3.8, 4) is 5.75 Å². The Bertz CT molecular complexity index is 466. The maximum absolute atomic E-state index is 12.0. The van der Waals surface area contributed by atoms with Crippen molar-refractivity contribution in [3.05, 3.63) is 18.2 Å². The molecule has 1 heterocycles. The van der Waals surface area contributed by atoms with E-state index in [1.165, 1.54) is 0 Å². The van der Waals surface area contributed by atoms with Crippen LogP contribution in [0.5, 0.6) is 5.75 Å². The Labute approximate surface area is 93.9 Å². The number of hydrogen-bond donors (Lipinski definition) is 2. The molecule has 84 valence electrons. The molecule has 0 aromatic heterocycles. The summed E-state index contributed by atoms with van der Waals surface area (Å²) >= 11 is 0. The van der Waals surface area contributed by atoms with Gasteiger partial charge in [0.2, 0.25) is 5.91 Å². The third-order valence-corrected chi connectivity index (χ3v) is 3.51. The van der Waals surface area contributed by atoms with E-state index in [-0.39, 0.29) is 17.1 Å². The van der Waals surface area contributed by atoms with Crippen LogP contribution in [-0.2, 0) is 4.79 Å². The van der Waals surface area contributed by atoms with Crippen molar-refractivity contribution in [3.63, 3.8) is 0 Å². The largest absolute Gasteiger partial charge is 0.508 e. The van der Waals surface area contributed by atoms with Gasteiger partial charge in [-0.15, -0.1) is 0 Å². The van der Waals surface area contributed by atoms with Gasteiger partial charge in [0.15, 0.2) is 0 Å². The Morgan fingerprint density at radius 2 is 2.19 bits per heavy atom. The van der Waals surface area contributed by atoms with Gasteiger partial charge in [-0.2, -0.15) is 0 Å². The summed E-state index contributed by atoms with van der Waals surface area (Å²) in [5.41, 5.74) is 1.48. The molecule has 2 aliphatic rings. The van der Waals surface area contributed by atoms with Crippen molar-refractivity contribution in [2.45, 2.75) is 12.8 Å².